The van der Waals surface area contributed by atoms with E-state index in [0.717, 1.165) is 41.8 Å². The Labute approximate surface area is 355 Å². The summed E-state index contributed by atoms with van der Waals surface area (Å²) in [4.78, 5) is 96.3. The van der Waals surface area contributed by atoms with Crippen LogP contribution in [0.5, 0.6) is 0 Å². The van der Waals surface area contributed by atoms with Gasteiger partial charge in [0, 0.05) is 30.7 Å². The molecule has 1 fully saturated rings. The van der Waals surface area contributed by atoms with Gasteiger partial charge in [0.1, 0.15) is 36.3 Å². The van der Waals surface area contributed by atoms with E-state index in [1.807, 2.05) is 6.08 Å². The molecule has 0 aliphatic carbocycles. The number of allylic oxidation sites excluding steroid dienone is 3. The highest BCUT2D eigenvalue weighted by molar-refractivity contribution is 8.14. The molecule has 2 aromatic heterocycles. The number of nitrogen functional groups attached to an aromatic ring is 1. The van der Waals surface area contributed by atoms with Gasteiger partial charge in [-0.3, -0.25) is 28.1 Å². The molecule has 0 bridgehead atoms. The van der Waals surface area contributed by atoms with Crippen LogP contribution >= 0.6 is 35.2 Å². The minimum Gasteiger partial charge on any atom is -0.790 e. The molecule has 24 nitrogen and oxygen atoms in total. The summed E-state index contributed by atoms with van der Waals surface area (Å²) < 4.78 is 60.6. The number of hydrogen-bond acceptors (Lipinski definition) is 22. The van der Waals surface area contributed by atoms with Crippen LogP contribution in [-0.4, -0.2) is 103 Å². The zero-order chi connectivity index (χ0) is 45.4. The van der Waals surface area contributed by atoms with E-state index in [4.69, 9.17) is 10.5 Å². The minimum absolute atomic E-state index is 0.0214. The maximum atomic E-state index is 12.6. The Morgan fingerprint density at radius 1 is 1.03 bits per heavy atom. The Morgan fingerprint density at radius 3 is 2.46 bits per heavy atom. The number of rotatable bonds is 27. The van der Waals surface area contributed by atoms with Crippen molar-refractivity contribution in [2.75, 3.05) is 37.8 Å². The van der Waals surface area contributed by atoms with Gasteiger partial charge in [-0.25, -0.2) is 19.3 Å². The lowest BCUT2D eigenvalue weighted by Gasteiger charge is -2.36. The number of nitrogens with two attached hydrogens (primary N) is 1. The van der Waals surface area contributed by atoms with Crippen LogP contribution in [-0.2, 0) is 50.7 Å². The summed E-state index contributed by atoms with van der Waals surface area (Å²) in [5.41, 5.74) is 4.07. The Morgan fingerprint density at radius 2 is 1.75 bits per heavy atom. The molecule has 0 radical (unpaired) electrons. The van der Waals surface area contributed by atoms with Crippen molar-refractivity contribution in [3.63, 3.8) is 0 Å². The first-order valence-electron chi connectivity index (χ1n) is 18.9. The van der Waals surface area contributed by atoms with Crippen LogP contribution in [0.4, 0.5) is 5.82 Å². The summed E-state index contributed by atoms with van der Waals surface area (Å²) in [6, 6.07) is 0. The number of nitrogens with one attached hydrogen (secondary N) is 2. The number of amides is 2. The van der Waals surface area contributed by atoms with Crippen molar-refractivity contribution in [2.24, 2.45) is 5.41 Å². The van der Waals surface area contributed by atoms with E-state index in [9.17, 15) is 57.9 Å². The highest BCUT2D eigenvalue weighted by Crippen LogP contribution is 2.56. The van der Waals surface area contributed by atoms with E-state index in [-0.39, 0.29) is 41.6 Å². The fourth-order valence-corrected chi connectivity index (χ4v) is 8.79. The number of phosphoric acid groups is 3. The summed E-state index contributed by atoms with van der Waals surface area (Å²) >= 11 is 1.03. The average molecular weight is 942 g/mol. The number of carbonyl (C=O) groups excluding carboxylic acids is 3. The zero-order valence-corrected chi connectivity index (χ0v) is 37.0. The number of aliphatic hydroxyl groups is 2. The third-order valence-corrected chi connectivity index (χ3v) is 12.5. The lowest BCUT2D eigenvalue weighted by molar-refractivity contribution is -0.347. The molecule has 0 saturated carbocycles. The molecule has 2 amide bonds. The van der Waals surface area contributed by atoms with Crippen molar-refractivity contribution in [1.82, 2.24) is 30.2 Å². The Bertz CT molecular complexity index is 1980. The van der Waals surface area contributed by atoms with Gasteiger partial charge in [0.2, 0.25) is 16.9 Å². The number of hydrogen-bond donors (Lipinski definition) is 5. The lowest BCUT2D eigenvalue weighted by Crippen LogP contribution is -2.46. The number of fused-ring (bicyclic) bond motifs is 1. The second kappa shape index (κ2) is 24.2. The van der Waals surface area contributed by atoms with E-state index >= 15 is 0 Å². The predicted octanol–water partition coefficient (Wildman–Crippen LogP) is -0.390. The van der Waals surface area contributed by atoms with E-state index in [0.29, 0.717) is 12.2 Å². The molecule has 344 valence electrons. The quantitative estimate of drug-likeness (QED) is 0.0329. The van der Waals surface area contributed by atoms with Crippen molar-refractivity contribution in [3.05, 3.63) is 37.0 Å². The monoisotopic (exact) mass is 941 g/mol. The molecule has 0 aromatic carbocycles. The molecule has 3 rings (SSSR count). The highest BCUT2D eigenvalue weighted by Gasteiger charge is 2.47. The van der Waals surface area contributed by atoms with Crippen LogP contribution in [0.3, 0.4) is 0 Å². The van der Waals surface area contributed by atoms with Crippen molar-refractivity contribution in [2.45, 2.75) is 96.4 Å². The number of ether oxygens (including phenoxy) is 1. The first-order chi connectivity index (χ1) is 28.6. The van der Waals surface area contributed by atoms with Gasteiger partial charge in [0.05, 0.1) is 27.4 Å². The molecule has 2 aromatic rings. The fraction of sp³-hybridized carbons (Fsp3) is 0.636. The van der Waals surface area contributed by atoms with Crippen LogP contribution in [0, 0.1) is 5.41 Å². The molecule has 28 heteroatoms. The van der Waals surface area contributed by atoms with Gasteiger partial charge in [-0.1, -0.05) is 70.0 Å². The topological polar surface area (TPSA) is 375 Å². The molecular formula is C33H50N7O17P3S-4. The molecule has 7 atom stereocenters. The molecule has 61 heavy (non-hydrogen) atoms. The molecule has 1 saturated heterocycles. The number of anilines is 1. The van der Waals surface area contributed by atoms with Crippen molar-refractivity contribution < 1.29 is 80.5 Å². The average Bonchev–Trinajstić information content (AvgIpc) is 3.73. The van der Waals surface area contributed by atoms with Crippen molar-refractivity contribution in [3.8, 4) is 0 Å². The van der Waals surface area contributed by atoms with Gasteiger partial charge >= 0.3 is 0 Å². The number of carbonyl (C=O) groups is 3. The number of thioether (sulfide) groups is 1. The normalized spacial score (nSPS) is 21.1. The minimum atomic E-state index is -5.92. The second-order valence-electron chi connectivity index (χ2n) is 14.1. The molecule has 6 N–H and O–H groups in total. The molecule has 0 spiro atoms. The molecular weight excluding hydrogens is 891 g/mol. The Hall–Kier alpha value is -2.96. The number of aromatic nitrogens is 4. The Kier molecular flexibility index (Phi) is 20.8. The predicted molar refractivity (Wildman–Crippen MR) is 210 cm³/mol. The van der Waals surface area contributed by atoms with Gasteiger partial charge < -0.3 is 69.0 Å². The van der Waals surface area contributed by atoms with E-state index in [1.165, 1.54) is 39.2 Å². The smallest absolute Gasteiger partial charge is 0.274 e. The van der Waals surface area contributed by atoms with Gasteiger partial charge in [-0.05, 0) is 25.3 Å². The molecule has 2 unspecified atom stereocenters. The zero-order valence-electron chi connectivity index (χ0n) is 33.5. The number of imidazole rings is 1. The third-order valence-electron chi connectivity index (χ3n) is 8.64. The van der Waals surface area contributed by atoms with Gasteiger partial charge in [-0.2, -0.15) is 0 Å². The molecule has 3 heterocycles. The molecule has 1 aliphatic heterocycles. The van der Waals surface area contributed by atoms with Crippen LogP contribution in [0.25, 0.3) is 11.2 Å². The maximum absolute atomic E-state index is 12.6. The number of aliphatic hydroxyl groups excluding tert-OH is 2. The van der Waals surface area contributed by atoms with E-state index in [2.05, 4.69) is 56.5 Å². The fourth-order valence-electron chi connectivity index (χ4n) is 5.45. The van der Waals surface area contributed by atoms with Crippen LogP contribution in [0.2, 0.25) is 0 Å². The maximum Gasteiger partial charge on any atom is 0.274 e. The summed E-state index contributed by atoms with van der Waals surface area (Å²) in [5, 5.41) is 26.1. The van der Waals surface area contributed by atoms with E-state index in [1.54, 1.807) is 6.08 Å². The van der Waals surface area contributed by atoms with E-state index < -0.39 is 84.6 Å². The van der Waals surface area contributed by atoms with Gasteiger partial charge in [0.15, 0.2) is 17.7 Å². The van der Waals surface area contributed by atoms with Crippen LogP contribution < -0.4 is 35.9 Å². The second-order valence-corrected chi connectivity index (χ2v) is 19.3. The summed E-state index contributed by atoms with van der Waals surface area (Å²) in [7, 11) is -17.6. The first-order valence-corrected chi connectivity index (χ1v) is 24.2. The number of phosphoric ester groups is 3. The van der Waals surface area contributed by atoms with Crippen molar-refractivity contribution >= 4 is 69.1 Å². The third kappa shape index (κ3) is 18.0. The summed E-state index contributed by atoms with van der Waals surface area (Å²) in [5.74, 6) is -1.24. The lowest BCUT2D eigenvalue weighted by atomic mass is 9.87. The SMILES string of the molecule is CCCCCC/C=C\C/C=C/C(=O)SCCNC(=O)CCNC(=O)[C@H](O)C(C)(C)COP(=O)([O-])OP(=O)([O-])OC[C@H]1O[C@@H](n2cnc3c(N)ncnc32)[C@H](O)[C@@H]1OP(=O)([O-])[O-]. The van der Waals surface area contributed by atoms with Crippen molar-refractivity contribution in [1.29, 1.82) is 0 Å². The Balaban J connectivity index is 1.41. The number of nitrogens with zero attached hydrogens (tertiary/aromatic N) is 4. The summed E-state index contributed by atoms with van der Waals surface area (Å²) in [6.45, 7) is 2.24. The highest BCUT2D eigenvalue weighted by atomic mass is 32.2. The number of unbranched alkanes of at least 4 members (excludes halogenated alkanes) is 4. The van der Waals surface area contributed by atoms with Gasteiger partial charge in [0.25, 0.3) is 15.6 Å². The van der Waals surface area contributed by atoms with Crippen LogP contribution in [0.15, 0.2) is 37.0 Å². The van der Waals surface area contributed by atoms with Crippen LogP contribution in [0.1, 0.15) is 71.9 Å². The molecule has 1 aliphatic rings. The van der Waals surface area contributed by atoms with Gasteiger partial charge in [-0.15, -0.1) is 0 Å². The standard InChI is InChI=1S/C33H54N7O17P3S/c1-4-5-6-7-8-9-10-11-12-13-24(42)61-17-16-35-23(41)14-15-36-31(45)28(44)33(2,3)19-54-60(51,52)57-59(49,50)53-18-22-27(56-58(46,47)48)26(43)32(55-22)40-21-39-25-29(34)37-20-38-30(25)40/h9-10,12-13,20-22,26-28,32,43-44H,4-8,11,14-19H2,1-3H3,(H,35,41)(H,36,45)(H,49,50)(H,51,52)(H2,34,37,38)(H2,46,47,48)/p-4/b10-9-,13-12+/t22-,26-,27-,28+,32-/m1/s1. The largest absolute Gasteiger partial charge is 0.790 e. The summed E-state index contributed by atoms with van der Waals surface area (Å²) in [6.07, 6.45) is 6.14. The first kappa shape index (κ1) is 52.4.